The van der Waals surface area contributed by atoms with Crippen LogP contribution in [0.2, 0.25) is 0 Å². The van der Waals surface area contributed by atoms with Gasteiger partial charge in [0.1, 0.15) is 5.67 Å². The zero-order valence-corrected chi connectivity index (χ0v) is 7.50. The fraction of sp³-hybridized carbons (Fsp3) is 0.889. The number of carbonyl (C=O) groups is 1. The molecule has 2 heterocycles. The van der Waals surface area contributed by atoms with Crippen molar-refractivity contribution < 1.29 is 14.3 Å². The summed E-state index contributed by atoms with van der Waals surface area (Å²) in [5.41, 5.74) is -1.46. The van der Waals surface area contributed by atoms with Gasteiger partial charge in [0.25, 0.3) is 0 Å². The maximum Gasteiger partial charge on any atom is 0.306 e. The quantitative estimate of drug-likeness (QED) is 0.702. The Kier molecular flexibility index (Phi) is 2.02. The van der Waals surface area contributed by atoms with Crippen molar-refractivity contribution in [2.24, 2.45) is 0 Å². The summed E-state index contributed by atoms with van der Waals surface area (Å²) in [6, 6.07) is -0.122. The van der Waals surface area contributed by atoms with Gasteiger partial charge >= 0.3 is 5.97 Å². The Labute approximate surface area is 76.5 Å². The van der Waals surface area contributed by atoms with E-state index >= 15 is 0 Å². The van der Waals surface area contributed by atoms with Crippen LogP contribution in [0.5, 0.6) is 0 Å². The van der Waals surface area contributed by atoms with Crippen LogP contribution in [0, 0.1) is 0 Å². The van der Waals surface area contributed by atoms with Crippen molar-refractivity contribution in [3.63, 3.8) is 0 Å². The largest absolute Gasteiger partial charge is 0.481 e. The average Bonchev–Trinajstić information content (AvgIpc) is 2.54. The van der Waals surface area contributed by atoms with E-state index in [0.29, 0.717) is 6.42 Å². The number of hydrogen-bond donors (Lipinski definition) is 1. The van der Waals surface area contributed by atoms with Crippen LogP contribution in [0.3, 0.4) is 0 Å². The summed E-state index contributed by atoms with van der Waals surface area (Å²) in [5.74, 6) is -1.02. The van der Waals surface area contributed by atoms with E-state index in [9.17, 15) is 9.18 Å². The first-order valence-electron chi connectivity index (χ1n) is 4.76. The van der Waals surface area contributed by atoms with E-state index in [2.05, 4.69) is 4.90 Å². The van der Waals surface area contributed by atoms with E-state index in [1.807, 2.05) is 0 Å². The van der Waals surface area contributed by atoms with Crippen LogP contribution in [-0.2, 0) is 4.79 Å². The molecule has 2 aliphatic heterocycles. The smallest absolute Gasteiger partial charge is 0.306 e. The fourth-order valence-corrected chi connectivity index (χ4v) is 2.63. The lowest BCUT2D eigenvalue weighted by Crippen LogP contribution is -2.39. The Bertz CT molecular complexity index is 234. The third-order valence-corrected chi connectivity index (χ3v) is 3.22. The molecule has 0 radical (unpaired) electrons. The maximum absolute atomic E-state index is 14.1. The van der Waals surface area contributed by atoms with E-state index in [1.165, 1.54) is 0 Å². The Hall–Kier alpha value is -0.640. The molecule has 74 valence electrons. The molecule has 0 aromatic carbocycles. The first-order chi connectivity index (χ1) is 6.12. The summed E-state index contributed by atoms with van der Waals surface area (Å²) in [7, 11) is 0. The van der Waals surface area contributed by atoms with Crippen LogP contribution in [0.25, 0.3) is 0 Å². The lowest BCUT2D eigenvalue weighted by atomic mass is 9.91. The highest BCUT2D eigenvalue weighted by Crippen LogP contribution is 2.40. The van der Waals surface area contributed by atoms with Crippen LogP contribution < -0.4 is 0 Å². The van der Waals surface area contributed by atoms with Crippen LogP contribution in [-0.4, -0.2) is 40.8 Å². The van der Waals surface area contributed by atoms with Crippen molar-refractivity contribution >= 4 is 5.97 Å². The van der Waals surface area contributed by atoms with Gasteiger partial charge < -0.3 is 5.11 Å². The molecule has 0 amide bonds. The Morgan fingerprint density at radius 2 is 2.38 bits per heavy atom. The number of carboxylic acids is 1. The first-order valence-corrected chi connectivity index (χ1v) is 4.76. The summed E-state index contributed by atoms with van der Waals surface area (Å²) < 4.78 is 14.1. The van der Waals surface area contributed by atoms with Gasteiger partial charge in [0.15, 0.2) is 0 Å². The molecule has 2 saturated heterocycles. The molecule has 3 nitrogen and oxygen atoms in total. The van der Waals surface area contributed by atoms with Gasteiger partial charge in [0, 0.05) is 12.6 Å². The zero-order chi connectivity index (χ0) is 9.47. The van der Waals surface area contributed by atoms with E-state index in [-0.39, 0.29) is 12.5 Å². The number of hydrogen-bond acceptors (Lipinski definition) is 2. The third kappa shape index (κ3) is 1.43. The number of nitrogens with zero attached hydrogens (tertiary/aromatic N) is 1. The highest BCUT2D eigenvalue weighted by atomic mass is 19.1. The van der Waals surface area contributed by atoms with Gasteiger partial charge in [-0.1, -0.05) is 0 Å². The van der Waals surface area contributed by atoms with Crippen LogP contribution in [0.4, 0.5) is 4.39 Å². The molecule has 0 aliphatic carbocycles. The van der Waals surface area contributed by atoms with Crippen LogP contribution >= 0.6 is 0 Å². The molecule has 2 aliphatic rings. The summed E-state index contributed by atoms with van der Waals surface area (Å²) >= 11 is 0. The standard InChI is InChI=1S/C9H14FNO2/c10-9(6-8(12)13)3-5-11-4-1-2-7(9)11/h7H,1-6H2,(H,12,13). The molecule has 1 N–H and O–H groups in total. The molecule has 2 atom stereocenters. The summed E-state index contributed by atoms with van der Waals surface area (Å²) in [5, 5.41) is 8.60. The Morgan fingerprint density at radius 3 is 3.08 bits per heavy atom. The highest BCUT2D eigenvalue weighted by Gasteiger charge is 2.50. The normalized spacial score (nSPS) is 39.3. The minimum absolute atomic E-state index is 0.122. The second-order valence-electron chi connectivity index (χ2n) is 4.05. The molecule has 0 bridgehead atoms. The number of aliphatic carboxylic acids is 1. The van der Waals surface area contributed by atoms with Crippen molar-refractivity contribution in [2.75, 3.05) is 13.1 Å². The summed E-state index contributed by atoms with van der Waals surface area (Å²) in [6.07, 6.45) is 1.90. The number of carboxylic acid groups (broad SMARTS) is 1. The Balaban J connectivity index is 2.09. The summed E-state index contributed by atoms with van der Waals surface area (Å²) in [6.45, 7) is 1.67. The number of halogens is 1. The molecule has 0 aromatic rings. The monoisotopic (exact) mass is 187 g/mol. The average molecular weight is 187 g/mol. The van der Waals surface area contributed by atoms with Gasteiger partial charge in [-0.05, 0) is 25.8 Å². The van der Waals surface area contributed by atoms with E-state index in [4.69, 9.17) is 5.11 Å². The minimum atomic E-state index is -1.46. The predicted molar refractivity (Wildman–Crippen MR) is 45.3 cm³/mol. The molecule has 13 heavy (non-hydrogen) atoms. The lowest BCUT2D eigenvalue weighted by Gasteiger charge is -2.25. The molecule has 4 heteroatoms. The van der Waals surface area contributed by atoms with Gasteiger partial charge in [-0.25, -0.2) is 4.39 Å². The van der Waals surface area contributed by atoms with Crippen molar-refractivity contribution in [1.29, 1.82) is 0 Å². The maximum atomic E-state index is 14.1. The topological polar surface area (TPSA) is 40.5 Å². The second kappa shape index (κ2) is 2.94. The van der Waals surface area contributed by atoms with E-state index < -0.39 is 11.6 Å². The molecular weight excluding hydrogens is 173 g/mol. The third-order valence-electron chi connectivity index (χ3n) is 3.22. The summed E-state index contributed by atoms with van der Waals surface area (Å²) in [4.78, 5) is 12.6. The minimum Gasteiger partial charge on any atom is -0.481 e. The highest BCUT2D eigenvalue weighted by molar-refractivity contribution is 5.68. The lowest BCUT2D eigenvalue weighted by molar-refractivity contribution is -0.140. The van der Waals surface area contributed by atoms with Gasteiger partial charge in [-0.3, -0.25) is 9.69 Å². The zero-order valence-electron chi connectivity index (χ0n) is 7.50. The van der Waals surface area contributed by atoms with Gasteiger partial charge in [-0.2, -0.15) is 0 Å². The number of alkyl halides is 1. The molecule has 0 saturated carbocycles. The van der Waals surface area contributed by atoms with Crippen molar-refractivity contribution in [3.05, 3.63) is 0 Å². The fourth-order valence-electron chi connectivity index (χ4n) is 2.63. The van der Waals surface area contributed by atoms with Crippen molar-refractivity contribution in [2.45, 2.75) is 37.4 Å². The first kappa shape index (κ1) is 8.94. The molecule has 2 rings (SSSR count). The number of fused-ring (bicyclic) bond motifs is 1. The van der Waals surface area contributed by atoms with Crippen molar-refractivity contribution in [1.82, 2.24) is 4.90 Å². The van der Waals surface area contributed by atoms with E-state index in [1.54, 1.807) is 0 Å². The molecule has 0 aromatic heterocycles. The molecule has 2 fully saturated rings. The Morgan fingerprint density at radius 1 is 1.62 bits per heavy atom. The molecule has 0 spiro atoms. The molecular formula is C9H14FNO2. The van der Waals surface area contributed by atoms with Gasteiger partial charge in [0.05, 0.1) is 6.42 Å². The second-order valence-corrected chi connectivity index (χ2v) is 4.05. The molecule has 2 unspecified atom stereocenters. The van der Waals surface area contributed by atoms with Crippen LogP contribution in [0.15, 0.2) is 0 Å². The van der Waals surface area contributed by atoms with Gasteiger partial charge in [-0.15, -0.1) is 0 Å². The van der Waals surface area contributed by atoms with E-state index in [0.717, 1.165) is 25.9 Å². The SMILES string of the molecule is O=C(O)CC1(F)CCN2CCCC21. The van der Waals surface area contributed by atoms with Gasteiger partial charge in [0.2, 0.25) is 0 Å². The number of rotatable bonds is 2. The van der Waals surface area contributed by atoms with Crippen LogP contribution in [0.1, 0.15) is 25.7 Å². The predicted octanol–water partition coefficient (Wildman–Crippen LogP) is 1.04. The van der Waals surface area contributed by atoms with Crippen molar-refractivity contribution in [3.8, 4) is 0 Å².